The van der Waals surface area contributed by atoms with E-state index in [9.17, 15) is 0 Å². The lowest BCUT2D eigenvalue weighted by Gasteiger charge is -2.12. The molecule has 0 atom stereocenters. The van der Waals surface area contributed by atoms with Gasteiger partial charge in [0.05, 0.1) is 55.5 Å². The van der Waals surface area contributed by atoms with Crippen molar-refractivity contribution in [2.24, 2.45) is 0 Å². The molecule has 7 heterocycles. The van der Waals surface area contributed by atoms with Gasteiger partial charge in [-0.15, -0.1) is 11.3 Å². The smallest absolute Gasteiger partial charge is 0.237 e. The average molecular weight is 1150 g/mol. The van der Waals surface area contributed by atoms with Crippen molar-refractivity contribution >= 4 is 119 Å². The Morgan fingerprint density at radius 2 is 0.618 bits per heavy atom. The van der Waals surface area contributed by atoms with E-state index in [0.717, 1.165) is 116 Å². The molecule has 12 aromatic carbocycles. The SMILES string of the molecule is c1ccc(-c2cc(-c3ccccc3)nc(-n3c4ccc(-c5ccc6c(c5)c5cc(-c7ccc8c(c7)c7cc9sc%10ccccc%10c9cc7n8-c7ccccc7)ccc5n6-c5ncncn5)cc4c4cc5c(cc43)c3ccccc3n5-c3ccccc3)n2)cc1. The van der Waals surface area contributed by atoms with Crippen molar-refractivity contribution in [3.8, 4) is 68.0 Å². The second-order valence-corrected chi connectivity index (χ2v) is 24.0. The van der Waals surface area contributed by atoms with Gasteiger partial charge < -0.3 is 9.13 Å². The van der Waals surface area contributed by atoms with Crippen molar-refractivity contribution in [2.45, 2.75) is 0 Å². The van der Waals surface area contributed by atoms with Crippen LogP contribution in [0.5, 0.6) is 0 Å². The number of benzene rings is 12. The number of thiophene rings is 1. The molecule has 19 rings (SSSR count). The van der Waals surface area contributed by atoms with Crippen molar-refractivity contribution in [3.05, 3.63) is 286 Å². The summed E-state index contributed by atoms with van der Waals surface area (Å²) in [6, 6.07) is 98.8. The molecule has 9 nitrogen and oxygen atoms in total. The van der Waals surface area contributed by atoms with Crippen LogP contribution >= 0.6 is 11.3 Å². The average Bonchev–Trinajstić information content (AvgIpc) is 1.59. The molecule has 10 heteroatoms. The molecule has 414 valence electrons. The number of nitrogens with zero attached hydrogens (tertiary/aromatic N) is 9. The number of fused-ring (bicyclic) bond motifs is 15. The van der Waals surface area contributed by atoms with Crippen molar-refractivity contribution in [3.63, 3.8) is 0 Å². The van der Waals surface area contributed by atoms with Gasteiger partial charge in [0.1, 0.15) is 12.7 Å². The monoisotopic (exact) mass is 1150 g/mol. The number of para-hydroxylation sites is 3. The van der Waals surface area contributed by atoms with Gasteiger partial charge in [0.25, 0.3) is 0 Å². The standard InChI is InChI=1S/C79H47N9S/c1-5-17-48(18-6-1)66-45-67(49-19-7-2-8-20-49)84-79(83-66)88-72-36-32-53(39-60(72)63-42-73-62(41-75(63)88)56-25-13-15-27-68(56)85(73)54-21-9-3-10-22-54)52-31-35-71-59(38-52)58-37-51(30-34-70(58)87(71)78-81-46-80-47-82-78)50-29-33-69-61(40-50)64-44-77-65(57-26-14-16-28-76(57)89-77)43-74(64)86(69)55-23-11-4-12-24-55/h1-47H. The van der Waals surface area contributed by atoms with Gasteiger partial charge in [-0.05, 0) is 138 Å². The summed E-state index contributed by atoms with van der Waals surface area (Å²) >= 11 is 1.86. The van der Waals surface area contributed by atoms with Gasteiger partial charge >= 0.3 is 0 Å². The summed E-state index contributed by atoms with van der Waals surface area (Å²) in [4.78, 5) is 24.6. The predicted octanol–water partition coefficient (Wildman–Crippen LogP) is 20.1. The van der Waals surface area contributed by atoms with E-state index in [1.165, 1.54) is 47.4 Å². The Kier molecular flexibility index (Phi) is 10.7. The first kappa shape index (κ1) is 49.4. The van der Waals surface area contributed by atoms with Crippen molar-refractivity contribution in [1.29, 1.82) is 0 Å². The molecule has 89 heavy (non-hydrogen) atoms. The Balaban J connectivity index is 0.827. The highest BCUT2D eigenvalue weighted by Gasteiger charge is 2.24. The van der Waals surface area contributed by atoms with Gasteiger partial charge in [-0.1, -0.05) is 158 Å². The minimum absolute atomic E-state index is 0.561. The van der Waals surface area contributed by atoms with Crippen LogP contribution in [-0.4, -0.2) is 43.2 Å². The highest BCUT2D eigenvalue weighted by atomic mass is 32.1. The lowest BCUT2D eigenvalue weighted by atomic mass is 9.98. The molecule has 0 N–H and O–H groups in total. The zero-order valence-corrected chi connectivity index (χ0v) is 48.4. The molecule has 0 aliphatic rings. The van der Waals surface area contributed by atoms with Gasteiger partial charge in [-0.3, -0.25) is 9.13 Å². The van der Waals surface area contributed by atoms with E-state index in [1.54, 1.807) is 12.7 Å². The highest BCUT2D eigenvalue weighted by molar-refractivity contribution is 7.25. The Labute approximate surface area is 512 Å². The number of aromatic nitrogens is 9. The number of rotatable bonds is 8. The first-order valence-electron chi connectivity index (χ1n) is 29.9. The van der Waals surface area contributed by atoms with E-state index in [2.05, 4.69) is 284 Å². The van der Waals surface area contributed by atoms with Crippen LogP contribution in [0, 0.1) is 0 Å². The zero-order chi connectivity index (χ0) is 58.3. The first-order valence-corrected chi connectivity index (χ1v) is 30.7. The van der Waals surface area contributed by atoms with E-state index in [4.69, 9.17) is 19.9 Å². The third kappa shape index (κ3) is 7.64. The molecule has 0 aliphatic heterocycles. The Hall–Kier alpha value is -11.9. The van der Waals surface area contributed by atoms with Crippen LogP contribution in [0.1, 0.15) is 0 Å². The van der Waals surface area contributed by atoms with Crippen LogP contribution in [0.2, 0.25) is 0 Å². The number of hydrogen-bond donors (Lipinski definition) is 0. The minimum atomic E-state index is 0.561. The quantitative estimate of drug-likeness (QED) is 0.151. The fraction of sp³-hybridized carbons (Fsp3) is 0. The summed E-state index contributed by atoms with van der Waals surface area (Å²) in [6.45, 7) is 0. The Morgan fingerprint density at radius 1 is 0.236 bits per heavy atom. The first-order chi connectivity index (χ1) is 44.1. The molecule has 0 spiro atoms. The highest BCUT2D eigenvalue weighted by Crippen LogP contribution is 2.45. The molecule has 0 unspecified atom stereocenters. The molecule has 0 aliphatic carbocycles. The summed E-state index contributed by atoms with van der Waals surface area (Å²) in [6.07, 6.45) is 3.14. The largest absolute Gasteiger partial charge is 0.309 e. The van der Waals surface area contributed by atoms with Crippen LogP contribution in [0.3, 0.4) is 0 Å². The maximum Gasteiger partial charge on any atom is 0.237 e. The second kappa shape index (κ2) is 19.3. The van der Waals surface area contributed by atoms with Gasteiger partial charge in [0.2, 0.25) is 11.9 Å². The van der Waals surface area contributed by atoms with Crippen molar-refractivity contribution in [2.75, 3.05) is 0 Å². The van der Waals surface area contributed by atoms with Gasteiger partial charge in [0, 0.05) is 85.8 Å². The molecule has 0 amide bonds. The maximum absolute atomic E-state index is 5.46. The molecule has 7 aromatic heterocycles. The fourth-order valence-corrected chi connectivity index (χ4v) is 15.1. The number of hydrogen-bond acceptors (Lipinski definition) is 6. The van der Waals surface area contributed by atoms with Crippen LogP contribution < -0.4 is 0 Å². The summed E-state index contributed by atoms with van der Waals surface area (Å²) in [5.74, 6) is 1.16. The normalized spacial score (nSPS) is 12.0. The van der Waals surface area contributed by atoms with Crippen LogP contribution in [-0.2, 0) is 0 Å². The van der Waals surface area contributed by atoms with Gasteiger partial charge in [-0.2, -0.15) is 0 Å². The molecular weight excluding hydrogens is 1110 g/mol. The summed E-state index contributed by atoms with van der Waals surface area (Å²) in [7, 11) is 0. The van der Waals surface area contributed by atoms with E-state index in [1.807, 2.05) is 23.5 Å². The maximum atomic E-state index is 5.46. The van der Waals surface area contributed by atoms with E-state index in [0.29, 0.717) is 11.9 Å². The van der Waals surface area contributed by atoms with Crippen molar-refractivity contribution < 1.29 is 0 Å². The van der Waals surface area contributed by atoms with E-state index >= 15 is 0 Å². The molecule has 0 saturated heterocycles. The van der Waals surface area contributed by atoms with Gasteiger partial charge in [-0.25, -0.2) is 24.9 Å². The minimum Gasteiger partial charge on any atom is -0.309 e. The molecule has 0 radical (unpaired) electrons. The lowest BCUT2D eigenvalue weighted by molar-refractivity contribution is 0.939. The van der Waals surface area contributed by atoms with Crippen molar-refractivity contribution in [1.82, 2.24) is 43.2 Å². The summed E-state index contributed by atoms with van der Waals surface area (Å²) in [5, 5.41) is 11.7. The fourth-order valence-electron chi connectivity index (χ4n) is 14.0. The van der Waals surface area contributed by atoms with E-state index in [-0.39, 0.29) is 0 Å². The van der Waals surface area contributed by atoms with Gasteiger partial charge in [0.15, 0.2) is 0 Å². The zero-order valence-electron chi connectivity index (χ0n) is 47.6. The Bertz CT molecular complexity index is 6030. The molecule has 0 fully saturated rings. The van der Waals surface area contributed by atoms with Crippen LogP contribution in [0.4, 0.5) is 0 Å². The molecule has 0 saturated carbocycles. The summed E-state index contributed by atoms with van der Waals surface area (Å²) in [5.41, 5.74) is 19.0. The predicted molar refractivity (Wildman–Crippen MR) is 367 cm³/mol. The Morgan fingerprint density at radius 3 is 1.15 bits per heavy atom. The van der Waals surface area contributed by atoms with Crippen LogP contribution in [0.15, 0.2) is 286 Å². The third-order valence-electron chi connectivity index (χ3n) is 18.0. The lowest BCUT2D eigenvalue weighted by Crippen LogP contribution is -2.04. The molecule has 0 bridgehead atoms. The second-order valence-electron chi connectivity index (χ2n) is 22.9. The topological polar surface area (TPSA) is 84.2 Å². The third-order valence-corrected chi connectivity index (χ3v) is 19.1. The van der Waals surface area contributed by atoms with Crippen LogP contribution in [0.25, 0.3) is 175 Å². The molecular formula is C79H47N9S. The molecule has 19 aromatic rings. The summed E-state index contributed by atoms with van der Waals surface area (Å²) < 4.78 is 11.8. The van der Waals surface area contributed by atoms with E-state index < -0.39 is 0 Å².